The first-order chi connectivity index (χ1) is 17.3. The molecule has 0 spiro atoms. The summed E-state index contributed by atoms with van der Waals surface area (Å²) < 4.78 is 0. The third-order valence-corrected chi connectivity index (χ3v) is 6.10. The van der Waals surface area contributed by atoms with Crippen LogP contribution in [0.3, 0.4) is 0 Å². The van der Waals surface area contributed by atoms with E-state index in [0.29, 0.717) is 11.5 Å². The summed E-state index contributed by atoms with van der Waals surface area (Å²) in [5.41, 5.74) is 5.81. The summed E-state index contributed by atoms with van der Waals surface area (Å²) in [6.07, 6.45) is 4.03. The predicted octanol–water partition coefficient (Wildman–Crippen LogP) is 1.66. The van der Waals surface area contributed by atoms with Crippen LogP contribution in [0.25, 0.3) is 33.5 Å². The zero-order chi connectivity index (χ0) is 25.8. The molecule has 0 saturated heterocycles. The highest BCUT2D eigenvalue weighted by Crippen LogP contribution is 2.31. The number of aliphatic hydroxyl groups excluding tert-OH is 1. The maximum absolute atomic E-state index is 12.7. The number of aromatic amines is 2. The highest BCUT2D eigenvalue weighted by atomic mass is 16.3. The Hall–Kier alpha value is -4.09. The Bertz CT molecular complexity index is 1390. The Morgan fingerprint density at radius 2 is 2.00 bits per heavy atom. The number of imidazole rings is 1. The van der Waals surface area contributed by atoms with Gasteiger partial charge in [0, 0.05) is 36.9 Å². The molecule has 36 heavy (non-hydrogen) atoms. The summed E-state index contributed by atoms with van der Waals surface area (Å²) >= 11 is 0. The molecule has 0 aliphatic heterocycles. The summed E-state index contributed by atoms with van der Waals surface area (Å²) in [6.45, 7) is 7.20. The van der Waals surface area contributed by atoms with Crippen molar-refractivity contribution in [3.05, 3.63) is 53.6 Å². The molecule has 0 bridgehead atoms. The van der Waals surface area contributed by atoms with Gasteiger partial charge in [-0.05, 0) is 49.2 Å². The maximum atomic E-state index is 12.7. The Kier molecular flexibility index (Phi) is 7.41. The fraction of sp³-hybridized carbons (Fsp3) is 0.320. The van der Waals surface area contributed by atoms with Crippen LogP contribution in [0.5, 0.6) is 0 Å². The second kappa shape index (κ2) is 10.7. The molecule has 3 aromatic heterocycles. The number of aliphatic hydroxyl groups is 1. The summed E-state index contributed by atoms with van der Waals surface area (Å²) in [5, 5.41) is 26.4. The van der Waals surface area contributed by atoms with Gasteiger partial charge in [-0.3, -0.25) is 19.7 Å². The van der Waals surface area contributed by atoms with E-state index in [2.05, 4.69) is 54.9 Å². The van der Waals surface area contributed by atoms with E-state index in [9.17, 15) is 14.7 Å². The van der Waals surface area contributed by atoms with E-state index in [-0.39, 0.29) is 5.69 Å². The third kappa shape index (κ3) is 4.97. The molecular formula is C25H30N8O3. The molecule has 6 N–H and O–H groups in total. The number of hydrogen-bond donors (Lipinski definition) is 6. The molecule has 1 aromatic carbocycles. The molecule has 11 nitrogen and oxygen atoms in total. The Balaban J connectivity index is 1.64. The second-order valence-electron chi connectivity index (χ2n) is 8.54. The zero-order valence-electron chi connectivity index (χ0n) is 20.6. The lowest BCUT2D eigenvalue weighted by Crippen LogP contribution is -2.51. The molecule has 0 saturated carbocycles. The molecular weight excluding hydrogens is 460 g/mol. The Morgan fingerprint density at radius 3 is 2.72 bits per heavy atom. The summed E-state index contributed by atoms with van der Waals surface area (Å²) in [7, 11) is 1.44. The molecule has 0 aliphatic carbocycles. The van der Waals surface area contributed by atoms with Gasteiger partial charge in [0.15, 0.2) is 5.82 Å². The monoisotopic (exact) mass is 490 g/mol. The van der Waals surface area contributed by atoms with Crippen molar-refractivity contribution in [3.8, 4) is 22.6 Å². The van der Waals surface area contributed by atoms with Crippen LogP contribution < -0.4 is 16.0 Å². The minimum absolute atomic E-state index is 0.142. The maximum Gasteiger partial charge on any atom is 0.270 e. The van der Waals surface area contributed by atoms with Gasteiger partial charge in [-0.1, -0.05) is 13.0 Å². The minimum atomic E-state index is -1.09. The van der Waals surface area contributed by atoms with E-state index in [1.807, 2.05) is 30.6 Å². The first-order valence-electron chi connectivity index (χ1n) is 11.7. The largest absolute Gasteiger partial charge is 0.391 e. The minimum Gasteiger partial charge on any atom is -0.391 e. The van der Waals surface area contributed by atoms with E-state index < -0.39 is 24.0 Å². The van der Waals surface area contributed by atoms with Crippen LogP contribution in [-0.2, 0) is 11.3 Å². The second-order valence-corrected chi connectivity index (χ2v) is 8.54. The quantitative estimate of drug-likeness (QED) is 0.208. The van der Waals surface area contributed by atoms with Crippen LogP contribution in [0.1, 0.15) is 35.5 Å². The lowest BCUT2D eigenvalue weighted by molar-refractivity contribution is -0.124. The van der Waals surface area contributed by atoms with E-state index in [1.54, 1.807) is 0 Å². The smallest absolute Gasteiger partial charge is 0.270 e. The molecule has 0 fully saturated rings. The molecule has 4 aromatic rings. The van der Waals surface area contributed by atoms with E-state index in [0.717, 1.165) is 46.2 Å². The van der Waals surface area contributed by atoms with E-state index >= 15 is 0 Å². The molecule has 3 heterocycles. The van der Waals surface area contributed by atoms with Crippen LogP contribution in [0.4, 0.5) is 0 Å². The number of nitrogens with one attached hydrogen (secondary N) is 5. The Morgan fingerprint density at radius 1 is 1.19 bits per heavy atom. The highest BCUT2D eigenvalue weighted by molar-refractivity contribution is 5.98. The number of H-pyrrole nitrogens is 2. The van der Waals surface area contributed by atoms with Gasteiger partial charge in [0.25, 0.3) is 5.91 Å². The standard InChI is InChI=1S/C25H30N8O3/c1-5-27-9-16-10-28-11-18(13(16)2)15-6-7-19-17(8-15)22(33-32-19)23-29-12-20(30-23)24(35)31-21(14(3)34)25(36)26-4/h6-8,10-12,14,21,27,34H,5,9H2,1-4H3,(H,26,36)(H,29,30)(H,31,35)(H,32,33)/t14-,21+/m1/s1. The van der Waals surface area contributed by atoms with Crippen LogP contribution in [0, 0.1) is 6.92 Å². The highest BCUT2D eigenvalue weighted by Gasteiger charge is 2.26. The van der Waals surface area contributed by atoms with Crippen molar-refractivity contribution in [1.29, 1.82) is 0 Å². The molecule has 4 rings (SSSR count). The number of pyridine rings is 1. The van der Waals surface area contributed by atoms with Crippen molar-refractivity contribution in [3.63, 3.8) is 0 Å². The fourth-order valence-electron chi connectivity index (χ4n) is 4.00. The number of aromatic nitrogens is 5. The zero-order valence-corrected chi connectivity index (χ0v) is 20.6. The third-order valence-electron chi connectivity index (χ3n) is 6.10. The summed E-state index contributed by atoms with van der Waals surface area (Å²) in [5.74, 6) is -0.668. The molecule has 2 amide bonds. The number of likely N-dealkylation sites (N-methyl/N-ethyl adjacent to an activating group) is 1. The lowest BCUT2D eigenvalue weighted by atomic mass is 9.98. The van der Waals surface area contributed by atoms with Crippen LogP contribution >= 0.6 is 0 Å². The average Bonchev–Trinajstić information content (AvgIpc) is 3.53. The number of amides is 2. The number of rotatable bonds is 9. The van der Waals surface area contributed by atoms with Crippen molar-refractivity contribution >= 4 is 22.7 Å². The first kappa shape index (κ1) is 25.0. The van der Waals surface area contributed by atoms with Crippen molar-refractivity contribution in [2.75, 3.05) is 13.6 Å². The molecule has 0 unspecified atom stereocenters. The topological polar surface area (TPSA) is 161 Å². The van der Waals surface area contributed by atoms with Crippen LogP contribution in [-0.4, -0.2) is 67.8 Å². The molecule has 11 heteroatoms. The van der Waals surface area contributed by atoms with Gasteiger partial charge >= 0.3 is 0 Å². The molecule has 2 atom stereocenters. The SMILES string of the molecule is CCNCc1cncc(-c2ccc3[nH]nc(-c4ncc(C(=O)N[C@H](C(=O)NC)[C@@H](C)O)[nH]4)c3c2)c1C. The van der Waals surface area contributed by atoms with Gasteiger partial charge in [0.1, 0.15) is 17.4 Å². The van der Waals surface area contributed by atoms with Crippen molar-refractivity contribution < 1.29 is 14.7 Å². The number of fused-ring (bicyclic) bond motifs is 1. The van der Waals surface area contributed by atoms with Crippen molar-refractivity contribution in [2.45, 2.75) is 39.5 Å². The Labute approximate surface area is 208 Å². The average molecular weight is 491 g/mol. The fourth-order valence-corrected chi connectivity index (χ4v) is 4.00. The number of benzene rings is 1. The van der Waals surface area contributed by atoms with Gasteiger partial charge < -0.3 is 26.0 Å². The summed E-state index contributed by atoms with van der Waals surface area (Å²) in [6, 6.07) is 4.89. The first-order valence-corrected chi connectivity index (χ1v) is 11.7. The number of carbonyl (C=O) groups is 2. The molecule has 188 valence electrons. The van der Waals surface area contributed by atoms with Gasteiger partial charge in [0.05, 0.1) is 17.8 Å². The lowest BCUT2D eigenvalue weighted by Gasteiger charge is -2.19. The van der Waals surface area contributed by atoms with E-state index in [4.69, 9.17) is 0 Å². The predicted molar refractivity (Wildman–Crippen MR) is 136 cm³/mol. The van der Waals surface area contributed by atoms with Crippen molar-refractivity contribution in [2.24, 2.45) is 0 Å². The van der Waals surface area contributed by atoms with E-state index in [1.165, 1.54) is 20.2 Å². The number of nitrogens with zero attached hydrogens (tertiary/aromatic N) is 3. The molecule has 0 aliphatic rings. The number of hydrogen-bond acceptors (Lipinski definition) is 7. The molecule has 0 radical (unpaired) electrons. The van der Waals surface area contributed by atoms with Gasteiger partial charge in [-0.2, -0.15) is 5.10 Å². The summed E-state index contributed by atoms with van der Waals surface area (Å²) in [4.78, 5) is 36.4. The number of carbonyl (C=O) groups excluding carboxylic acids is 2. The van der Waals surface area contributed by atoms with Gasteiger partial charge in [0.2, 0.25) is 5.91 Å². The van der Waals surface area contributed by atoms with Gasteiger partial charge in [-0.15, -0.1) is 0 Å². The van der Waals surface area contributed by atoms with Gasteiger partial charge in [-0.25, -0.2) is 4.98 Å². The van der Waals surface area contributed by atoms with Crippen LogP contribution in [0.2, 0.25) is 0 Å². The normalized spacial score (nSPS) is 12.9. The van der Waals surface area contributed by atoms with Crippen molar-refractivity contribution in [1.82, 2.24) is 41.1 Å². The van der Waals surface area contributed by atoms with Crippen LogP contribution in [0.15, 0.2) is 36.8 Å².